The second-order valence-corrected chi connectivity index (χ2v) is 5.34. The predicted octanol–water partition coefficient (Wildman–Crippen LogP) is 2.43. The molecular weight excluding hydrogens is 204 g/mol. The summed E-state index contributed by atoms with van der Waals surface area (Å²) in [4.78, 5) is 11.8. The average molecular weight is 222 g/mol. The van der Waals surface area contributed by atoms with Crippen LogP contribution in [-0.2, 0) is 14.3 Å². The smallest absolute Gasteiger partial charge is 0.337 e. The van der Waals surface area contributed by atoms with Crippen molar-refractivity contribution in [3.8, 4) is 0 Å². The van der Waals surface area contributed by atoms with Gasteiger partial charge < -0.3 is 9.47 Å². The van der Waals surface area contributed by atoms with Gasteiger partial charge in [-0.3, -0.25) is 0 Å². The van der Waals surface area contributed by atoms with Crippen molar-refractivity contribution in [3.05, 3.63) is 23.5 Å². The van der Waals surface area contributed by atoms with E-state index in [1.54, 1.807) is 0 Å². The first-order valence-corrected chi connectivity index (χ1v) is 5.61. The van der Waals surface area contributed by atoms with Gasteiger partial charge in [0.2, 0.25) is 0 Å². The molecule has 0 aromatic rings. The number of hydrogen-bond donors (Lipinski definition) is 0. The van der Waals surface area contributed by atoms with E-state index < -0.39 is 0 Å². The molecule has 1 heterocycles. The summed E-state index contributed by atoms with van der Waals surface area (Å²) < 4.78 is 10.7. The number of carbonyl (C=O) groups excluding carboxylic acids is 1. The van der Waals surface area contributed by atoms with Crippen molar-refractivity contribution in [3.63, 3.8) is 0 Å². The first-order valence-electron chi connectivity index (χ1n) is 5.61. The molecule has 0 bridgehead atoms. The van der Waals surface area contributed by atoms with Gasteiger partial charge in [-0.15, -0.1) is 0 Å². The summed E-state index contributed by atoms with van der Waals surface area (Å²) >= 11 is 0. The fraction of sp³-hybridized carbons (Fsp3) is 0.615. The lowest BCUT2D eigenvalue weighted by Crippen LogP contribution is -2.18. The maximum atomic E-state index is 11.8. The van der Waals surface area contributed by atoms with Crippen LogP contribution in [0.25, 0.3) is 0 Å². The number of fused-ring (bicyclic) bond motifs is 1. The summed E-state index contributed by atoms with van der Waals surface area (Å²) in [6, 6.07) is 0. The highest BCUT2D eigenvalue weighted by Crippen LogP contribution is 2.45. The maximum Gasteiger partial charge on any atom is 0.337 e. The second kappa shape index (κ2) is 3.65. The highest BCUT2D eigenvalue weighted by molar-refractivity contribution is 5.90. The molecule has 2 rings (SSSR count). The molecule has 88 valence electrons. The molecule has 2 aliphatic rings. The lowest BCUT2D eigenvalue weighted by atomic mass is 9.87. The van der Waals surface area contributed by atoms with Crippen molar-refractivity contribution in [2.24, 2.45) is 11.3 Å². The minimum absolute atomic E-state index is 0.0309. The third-order valence-electron chi connectivity index (χ3n) is 3.07. The molecular formula is C13H18O3. The molecule has 2 atom stereocenters. The van der Waals surface area contributed by atoms with E-state index in [0.29, 0.717) is 0 Å². The van der Waals surface area contributed by atoms with Crippen molar-refractivity contribution in [1.29, 1.82) is 0 Å². The molecule has 0 aromatic carbocycles. The van der Waals surface area contributed by atoms with Crippen molar-refractivity contribution in [1.82, 2.24) is 0 Å². The predicted molar refractivity (Wildman–Crippen MR) is 60.6 cm³/mol. The van der Waals surface area contributed by atoms with Crippen LogP contribution in [0, 0.1) is 11.3 Å². The van der Waals surface area contributed by atoms with E-state index in [2.05, 4.69) is 26.8 Å². The van der Waals surface area contributed by atoms with E-state index in [1.807, 2.05) is 6.08 Å². The van der Waals surface area contributed by atoms with Gasteiger partial charge in [-0.05, 0) is 12.5 Å². The molecule has 0 amide bonds. The van der Waals surface area contributed by atoms with E-state index in [4.69, 9.17) is 9.47 Å². The van der Waals surface area contributed by atoms with E-state index in [-0.39, 0.29) is 23.4 Å². The molecule has 0 saturated heterocycles. The lowest BCUT2D eigenvalue weighted by molar-refractivity contribution is -0.136. The molecule has 0 N–H and O–H groups in total. The number of hydrogen-bond acceptors (Lipinski definition) is 3. The number of rotatable bonds is 1. The Morgan fingerprint density at radius 3 is 2.75 bits per heavy atom. The lowest BCUT2D eigenvalue weighted by Gasteiger charge is -2.22. The molecule has 0 spiro atoms. The van der Waals surface area contributed by atoms with Crippen LogP contribution < -0.4 is 0 Å². The zero-order valence-electron chi connectivity index (χ0n) is 10.2. The summed E-state index contributed by atoms with van der Waals surface area (Å²) in [5.41, 5.74) is 0.576. The fourth-order valence-corrected chi connectivity index (χ4v) is 2.33. The highest BCUT2D eigenvalue weighted by Gasteiger charge is 2.44. The summed E-state index contributed by atoms with van der Waals surface area (Å²) in [6.45, 7) is 6.15. The molecule has 1 aliphatic heterocycles. The zero-order chi connectivity index (χ0) is 11.9. The highest BCUT2D eigenvalue weighted by atomic mass is 16.5. The topological polar surface area (TPSA) is 35.5 Å². The van der Waals surface area contributed by atoms with Gasteiger partial charge in [-0.1, -0.05) is 26.8 Å². The Balaban J connectivity index is 2.40. The Bertz CT molecular complexity index is 371. The van der Waals surface area contributed by atoms with E-state index in [0.717, 1.165) is 17.8 Å². The summed E-state index contributed by atoms with van der Waals surface area (Å²) in [6.07, 6.45) is 5.00. The Morgan fingerprint density at radius 1 is 1.50 bits per heavy atom. The quantitative estimate of drug-likeness (QED) is 0.505. The van der Waals surface area contributed by atoms with Gasteiger partial charge in [0.25, 0.3) is 0 Å². The summed E-state index contributed by atoms with van der Waals surface area (Å²) in [5, 5.41) is 0. The first-order chi connectivity index (χ1) is 7.45. The van der Waals surface area contributed by atoms with Gasteiger partial charge in [0.15, 0.2) is 0 Å². The third kappa shape index (κ3) is 1.64. The molecule has 0 aromatic heterocycles. The van der Waals surface area contributed by atoms with Gasteiger partial charge in [-0.25, -0.2) is 4.79 Å². The Hall–Kier alpha value is -1.25. The number of ether oxygens (including phenoxy) is 2. The summed E-state index contributed by atoms with van der Waals surface area (Å²) in [5.74, 6) is 0.696. The second-order valence-electron chi connectivity index (χ2n) is 5.34. The van der Waals surface area contributed by atoms with Gasteiger partial charge in [-0.2, -0.15) is 0 Å². The third-order valence-corrected chi connectivity index (χ3v) is 3.07. The number of carbonyl (C=O) groups is 1. The van der Waals surface area contributed by atoms with E-state index in [1.165, 1.54) is 7.11 Å². The van der Waals surface area contributed by atoms with Crippen LogP contribution in [0.1, 0.15) is 27.2 Å². The van der Waals surface area contributed by atoms with Crippen LogP contribution in [-0.4, -0.2) is 19.2 Å². The van der Waals surface area contributed by atoms with Crippen molar-refractivity contribution in [2.45, 2.75) is 33.3 Å². The van der Waals surface area contributed by atoms with E-state index >= 15 is 0 Å². The summed E-state index contributed by atoms with van der Waals surface area (Å²) in [7, 11) is 1.42. The molecule has 3 nitrogen and oxygen atoms in total. The maximum absolute atomic E-state index is 11.8. The number of methoxy groups -OCH3 is 1. The van der Waals surface area contributed by atoms with E-state index in [9.17, 15) is 4.79 Å². The first kappa shape index (κ1) is 11.2. The van der Waals surface area contributed by atoms with Crippen LogP contribution in [0.15, 0.2) is 23.5 Å². The Labute approximate surface area is 96.1 Å². The van der Waals surface area contributed by atoms with Crippen molar-refractivity contribution in [2.75, 3.05) is 7.11 Å². The minimum Gasteiger partial charge on any atom is -0.489 e. The van der Waals surface area contributed by atoms with Gasteiger partial charge in [0.1, 0.15) is 11.9 Å². The van der Waals surface area contributed by atoms with Gasteiger partial charge in [0, 0.05) is 11.3 Å². The minimum atomic E-state index is -0.249. The van der Waals surface area contributed by atoms with Crippen LogP contribution in [0.4, 0.5) is 0 Å². The molecule has 0 fully saturated rings. The van der Waals surface area contributed by atoms with Crippen LogP contribution in [0.3, 0.4) is 0 Å². The van der Waals surface area contributed by atoms with Crippen molar-refractivity contribution >= 4 is 5.97 Å². The standard InChI is InChI=1S/C13H18O3/c1-13(2,3)11-10(12(14)15-4)8-6-5-7-9(8)16-11/h5,7-9H,6H2,1-4H3/t8-,9+/m0/s1. The monoisotopic (exact) mass is 222 g/mol. The van der Waals surface area contributed by atoms with Gasteiger partial charge >= 0.3 is 5.97 Å². The zero-order valence-corrected chi connectivity index (χ0v) is 10.2. The van der Waals surface area contributed by atoms with Crippen LogP contribution >= 0.6 is 0 Å². The Kier molecular flexibility index (Phi) is 2.56. The Morgan fingerprint density at radius 2 is 2.19 bits per heavy atom. The number of allylic oxidation sites excluding steroid dienone is 2. The SMILES string of the molecule is COC(=O)C1=C(C(C)(C)C)O[C@@H]2C=CC[C@H]12. The molecule has 0 saturated carbocycles. The van der Waals surface area contributed by atoms with Crippen molar-refractivity contribution < 1.29 is 14.3 Å². The molecule has 3 heteroatoms. The van der Waals surface area contributed by atoms with Gasteiger partial charge in [0.05, 0.1) is 12.7 Å². The fourth-order valence-electron chi connectivity index (χ4n) is 2.33. The van der Waals surface area contributed by atoms with Crippen LogP contribution in [0.2, 0.25) is 0 Å². The molecule has 16 heavy (non-hydrogen) atoms. The number of esters is 1. The molecule has 0 radical (unpaired) electrons. The average Bonchev–Trinajstić information content (AvgIpc) is 2.73. The normalized spacial score (nSPS) is 28.0. The largest absolute Gasteiger partial charge is 0.489 e. The molecule has 0 unspecified atom stereocenters. The van der Waals surface area contributed by atoms with Crippen LogP contribution in [0.5, 0.6) is 0 Å². The molecule has 1 aliphatic carbocycles.